The molecule has 4 rings (SSSR count). The zero-order chi connectivity index (χ0) is 23.3. The number of aliphatic hydroxyl groups excluding tert-OH is 1. The van der Waals surface area contributed by atoms with Gasteiger partial charge >= 0.3 is 0 Å². The summed E-state index contributed by atoms with van der Waals surface area (Å²) in [6, 6.07) is -1.22. The fourth-order valence-electron chi connectivity index (χ4n) is 6.34. The molecule has 4 aliphatic rings. The summed E-state index contributed by atoms with van der Waals surface area (Å²) in [6.07, 6.45) is 1.71. The van der Waals surface area contributed by atoms with Gasteiger partial charge in [-0.3, -0.25) is 14.4 Å². The van der Waals surface area contributed by atoms with Gasteiger partial charge in [0.25, 0.3) is 0 Å². The number of halogens is 2. The van der Waals surface area contributed by atoms with Crippen molar-refractivity contribution in [3.05, 3.63) is 0 Å². The lowest BCUT2D eigenvalue weighted by Gasteiger charge is -2.34. The maximum Gasteiger partial charge on any atom is 0.248 e. The molecule has 0 spiro atoms. The molecule has 1 unspecified atom stereocenters. The molecular weight excluding hydrogens is 420 g/mol. The molecule has 0 radical (unpaired) electrons. The smallest absolute Gasteiger partial charge is 0.248 e. The van der Waals surface area contributed by atoms with E-state index in [1.54, 1.807) is 4.90 Å². The number of hydrogen-bond donors (Lipinski definition) is 3. The first-order chi connectivity index (χ1) is 15.0. The highest BCUT2D eigenvalue weighted by atomic mass is 19.3. The summed E-state index contributed by atoms with van der Waals surface area (Å²) in [7, 11) is 0. The summed E-state index contributed by atoms with van der Waals surface area (Å²) in [5, 5.41) is 15.4. The third-order valence-corrected chi connectivity index (χ3v) is 8.30. The van der Waals surface area contributed by atoms with E-state index in [2.05, 4.69) is 24.5 Å². The number of carbonyl (C=O) groups excluding carboxylic acids is 3. The van der Waals surface area contributed by atoms with Crippen LogP contribution in [0.15, 0.2) is 0 Å². The normalized spacial score (nSPS) is 35.7. The van der Waals surface area contributed by atoms with Crippen LogP contribution in [0.4, 0.5) is 8.78 Å². The molecule has 4 fully saturated rings. The molecule has 2 saturated heterocycles. The highest BCUT2D eigenvalue weighted by molar-refractivity contribution is 5.90. The first kappa shape index (κ1) is 23.4. The van der Waals surface area contributed by atoms with Crippen molar-refractivity contribution in [3.63, 3.8) is 0 Å². The lowest BCUT2D eigenvalue weighted by molar-refractivity contribution is -0.142. The van der Waals surface area contributed by atoms with Crippen LogP contribution in [0.2, 0.25) is 0 Å². The topological polar surface area (TPSA) is 98.7 Å². The van der Waals surface area contributed by atoms with Gasteiger partial charge in [-0.2, -0.15) is 0 Å². The van der Waals surface area contributed by atoms with E-state index in [-0.39, 0.29) is 72.7 Å². The molecule has 2 aliphatic carbocycles. The maximum absolute atomic E-state index is 13.8. The van der Waals surface area contributed by atoms with Crippen molar-refractivity contribution in [1.82, 2.24) is 15.5 Å². The average Bonchev–Trinajstić information content (AvgIpc) is 3.08. The second kappa shape index (κ2) is 8.54. The molecule has 2 saturated carbocycles. The highest BCUT2D eigenvalue weighted by Gasteiger charge is 2.69. The van der Waals surface area contributed by atoms with Crippen LogP contribution in [-0.2, 0) is 14.4 Å². The highest BCUT2D eigenvalue weighted by Crippen LogP contribution is 2.65. The van der Waals surface area contributed by atoms with Crippen LogP contribution in [0.3, 0.4) is 0 Å². The predicted octanol–water partition coefficient (Wildman–Crippen LogP) is 1.69. The summed E-state index contributed by atoms with van der Waals surface area (Å²) in [6.45, 7) is 4.94. The number of fused-ring (bicyclic) bond motifs is 1. The number of aliphatic hydroxyl groups is 1. The van der Waals surface area contributed by atoms with Gasteiger partial charge in [0.05, 0.1) is 12.6 Å². The number of likely N-dealkylation sites (tertiary alicyclic amines) is 1. The van der Waals surface area contributed by atoms with E-state index in [4.69, 9.17) is 0 Å². The molecule has 3 amide bonds. The second-order valence-corrected chi connectivity index (χ2v) is 10.9. The SMILES string of the molecule is CC1(C)[C@@H]2[C@@H](C(=O)N[C@H](CO)C[C@@H]3CCNC3=O)N(C(=O)CC3CCCC(F)(F)C3)C[C@@H]21. The van der Waals surface area contributed by atoms with Crippen molar-refractivity contribution in [2.75, 3.05) is 19.7 Å². The van der Waals surface area contributed by atoms with Gasteiger partial charge in [0.2, 0.25) is 23.6 Å². The quantitative estimate of drug-likeness (QED) is 0.544. The number of carbonyl (C=O) groups is 3. The Morgan fingerprint density at radius 3 is 2.69 bits per heavy atom. The lowest BCUT2D eigenvalue weighted by Crippen LogP contribution is -2.53. The molecule has 32 heavy (non-hydrogen) atoms. The molecule has 7 nitrogen and oxygen atoms in total. The van der Waals surface area contributed by atoms with Gasteiger partial charge in [-0.1, -0.05) is 13.8 Å². The van der Waals surface area contributed by atoms with Gasteiger partial charge in [-0.25, -0.2) is 8.78 Å². The molecule has 6 atom stereocenters. The van der Waals surface area contributed by atoms with Gasteiger partial charge in [-0.15, -0.1) is 0 Å². The number of rotatable bonds is 7. The van der Waals surface area contributed by atoms with Crippen molar-refractivity contribution in [2.24, 2.45) is 29.1 Å². The van der Waals surface area contributed by atoms with Crippen LogP contribution in [0.1, 0.15) is 58.8 Å². The molecule has 0 aromatic heterocycles. The zero-order valence-corrected chi connectivity index (χ0v) is 18.9. The number of hydrogen-bond acceptors (Lipinski definition) is 4. The number of amides is 3. The van der Waals surface area contributed by atoms with Gasteiger partial charge < -0.3 is 20.6 Å². The third-order valence-electron chi connectivity index (χ3n) is 8.30. The Balaban J connectivity index is 1.41. The predicted molar refractivity (Wildman–Crippen MR) is 113 cm³/mol. The standard InChI is InChI=1S/C23H35F2N3O4/c1-22(2)16-11-28(17(30)8-13-4-3-6-23(24,25)10-13)19(18(16)22)21(32)27-15(12-29)9-14-5-7-26-20(14)31/h13-16,18-19,29H,3-12H2,1-2H3,(H,26,31)(H,27,32)/t13?,14-,15-,16-,18-,19-/m0/s1. The minimum Gasteiger partial charge on any atom is -0.394 e. The van der Waals surface area contributed by atoms with Crippen molar-refractivity contribution in [1.29, 1.82) is 0 Å². The Morgan fingerprint density at radius 1 is 1.31 bits per heavy atom. The lowest BCUT2D eigenvalue weighted by atomic mass is 9.84. The molecule has 2 heterocycles. The van der Waals surface area contributed by atoms with Crippen molar-refractivity contribution in [2.45, 2.75) is 76.8 Å². The van der Waals surface area contributed by atoms with E-state index in [0.29, 0.717) is 38.8 Å². The monoisotopic (exact) mass is 455 g/mol. The van der Waals surface area contributed by atoms with Crippen LogP contribution in [0.25, 0.3) is 0 Å². The summed E-state index contributed by atoms with van der Waals surface area (Å²) in [4.78, 5) is 39.8. The zero-order valence-electron chi connectivity index (χ0n) is 18.9. The van der Waals surface area contributed by atoms with Gasteiger partial charge in [0.1, 0.15) is 6.04 Å². The molecule has 2 aliphatic heterocycles. The van der Waals surface area contributed by atoms with E-state index in [1.165, 1.54) is 0 Å². The molecule has 0 aromatic rings. The average molecular weight is 456 g/mol. The van der Waals surface area contributed by atoms with Crippen LogP contribution in [-0.4, -0.2) is 65.4 Å². The third kappa shape index (κ3) is 4.50. The van der Waals surface area contributed by atoms with Gasteiger partial charge in [0.15, 0.2) is 0 Å². The fourth-order valence-corrected chi connectivity index (χ4v) is 6.34. The van der Waals surface area contributed by atoms with Crippen molar-refractivity contribution in [3.8, 4) is 0 Å². The largest absolute Gasteiger partial charge is 0.394 e. The minimum atomic E-state index is -2.71. The number of nitrogens with zero attached hydrogens (tertiary/aromatic N) is 1. The Kier molecular flexibility index (Phi) is 6.24. The molecule has 0 aromatic carbocycles. The van der Waals surface area contributed by atoms with E-state index in [1.807, 2.05) is 0 Å². The first-order valence-electron chi connectivity index (χ1n) is 11.9. The van der Waals surface area contributed by atoms with Crippen LogP contribution in [0, 0.1) is 29.1 Å². The molecule has 3 N–H and O–H groups in total. The molecule has 180 valence electrons. The Labute approximate surface area is 187 Å². The van der Waals surface area contributed by atoms with Crippen molar-refractivity contribution < 1.29 is 28.3 Å². The molecular formula is C23H35F2N3O4. The minimum absolute atomic E-state index is 0.0216. The van der Waals surface area contributed by atoms with Crippen molar-refractivity contribution >= 4 is 17.7 Å². The summed E-state index contributed by atoms with van der Waals surface area (Å²) < 4.78 is 27.6. The first-order valence-corrected chi connectivity index (χ1v) is 11.9. The summed E-state index contributed by atoms with van der Waals surface area (Å²) >= 11 is 0. The number of nitrogens with one attached hydrogen (secondary N) is 2. The van der Waals surface area contributed by atoms with Crippen LogP contribution in [0.5, 0.6) is 0 Å². The van der Waals surface area contributed by atoms with E-state index >= 15 is 0 Å². The number of alkyl halides is 2. The molecule has 0 bridgehead atoms. The maximum atomic E-state index is 13.8. The summed E-state index contributed by atoms with van der Waals surface area (Å²) in [5.41, 5.74) is -0.0588. The fraction of sp³-hybridized carbons (Fsp3) is 0.870. The second-order valence-electron chi connectivity index (χ2n) is 10.9. The van der Waals surface area contributed by atoms with Gasteiger partial charge in [0, 0.05) is 38.3 Å². The van der Waals surface area contributed by atoms with E-state index in [9.17, 15) is 28.3 Å². The Bertz CT molecular complexity index is 774. The van der Waals surface area contributed by atoms with Crippen LogP contribution < -0.4 is 10.6 Å². The number of piperidine rings is 1. The van der Waals surface area contributed by atoms with Crippen LogP contribution >= 0.6 is 0 Å². The Morgan fingerprint density at radius 2 is 2.06 bits per heavy atom. The van der Waals surface area contributed by atoms with E-state index < -0.39 is 18.0 Å². The van der Waals surface area contributed by atoms with E-state index in [0.717, 1.165) is 0 Å². The van der Waals surface area contributed by atoms with Gasteiger partial charge in [-0.05, 0) is 48.9 Å². The Hall–Kier alpha value is -1.77. The summed E-state index contributed by atoms with van der Waals surface area (Å²) in [5.74, 6) is -3.69. The molecule has 9 heteroatoms.